The van der Waals surface area contributed by atoms with E-state index >= 15 is 0 Å². The summed E-state index contributed by atoms with van der Waals surface area (Å²) in [6, 6.07) is 16.1. The Kier molecular flexibility index (Phi) is 4.81. The summed E-state index contributed by atoms with van der Waals surface area (Å²) in [6.45, 7) is 3.02. The number of hydrogen-bond acceptors (Lipinski definition) is 5. The van der Waals surface area contributed by atoms with Gasteiger partial charge >= 0.3 is 0 Å². The summed E-state index contributed by atoms with van der Waals surface area (Å²) in [5.41, 5.74) is 10.2. The predicted octanol–water partition coefficient (Wildman–Crippen LogP) is 3.76. The first-order chi connectivity index (χ1) is 13.1. The molecule has 0 radical (unpaired) electrons. The monoisotopic (exact) mass is 379 g/mol. The Balaban J connectivity index is 1.60. The topological polar surface area (TPSA) is 77.2 Å². The first-order valence-corrected chi connectivity index (χ1v) is 9.71. The first-order valence-electron chi connectivity index (χ1n) is 8.89. The van der Waals surface area contributed by atoms with Crippen LogP contribution in [0.3, 0.4) is 0 Å². The molecule has 1 atom stereocenters. The number of carbonyl (C=O) groups is 1. The van der Waals surface area contributed by atoms with Gasteiger partial charge in [0.2, 0.25) is 5.91 Å². The molecule has 1 aliphatic rings. The number of nitrogen functional groups attached to an aromatic ring is 1. The Morgan fingerprint density at radius 2 is 2.11 bits per heavy atom. The highest BCUT2D eigenvalue weighted by molar-refractivity contribution is 7.15. The number of carbonyl (C=O) groups excluding carboxylic acids is 1. The molecule has 1 aliphatic heterocycles. The summed E-state index contributed by atoms with van der Waals surface area (Å²) in [5, 5.41) is 3.43. The quantitative estimate of drug-likeness (QED) is 0.723. The number of ether oxygens (including phenoxy) is 1. The van der Waals surface area contributed by atoms with Crippen LogP contribution in [0.4, 0.5) is 5.13 Å². The van der Waals surface area contributed by atoms with Crippen LogP contribution in [-0.4, -0.2) is 10.9 Å². The zero-order chi connectivity index (χ0) is 18.8. The molecule has 0 saturated heterocycles. The lowest BCUT2D eigenvalue weighted by atomic mass is 9.93. The lowest BCUT2D eigenvalue weighted by Crippen LogP contribution is -2.21. The second-order valence-corrected chi connectivity index (χ2v) is 7.75. The van der Waals surface area contributed by atoms with Crippen LogP contribution in [0.1, 0.15) is 39.6 Å². The molecule has 0 saturated carbocycles. The lowest BCUT2D eigenvalue weighted by molar-refractivity contribution is -0.121. The summed E-state index contributed by atoms with van der Waals surface area (Å²) < 4.78 is 6.02. The molecule has 1 amide bonds. The van der Waals surface area contributed by atoms with Crippen molar-refractivity contribution in [3.63, 3.8) is 0 Å². The number of anilines is 1. The fraction of sp³-hybridized carbons (Fsp3) is 0.238. The van der Waals surface area contributed by atoms with Crippen molar-refractivity contribution < 1.29 is 9.53 Å². The highest BCUT2D eigenvalue weighted by atomic mass is 32.1. The van der Waals surface area contributed by atoms with Crippen molar-refractivity contribution in [3.8, 4) is 5.75 Å². The van der Waals surface area contributed by atoms with Crippen LogP contribution < -0.4 is 15.8 Å². The Labute approximate surface area is 162 Å². The maximum absolute atomic E-state index is 12.2. The molecule has 2 heterocycles. The van der Waals surface area contributed by atoms with Crippen LogP contribution in [0.5, 0.6) is 5.75 Å². The minimum absolute atomic E-state index is 0.0232. The van der Waals surface area contributed by atoms with E-state index in [2.05, 4.69) is 29.4 Å². The van der Waals surface area contributed by atoms with E-state index in [4.69, 9.17) is 10.5 Å². The van der Waals surface area contributed by atoms with E-state index in [1.165, 1.54) is 16.9 Å². The van der Waals surface area contributed by atoms with Crippen LogP contribution in [0.25, 0.3) is 0 Å². The van der Waals surface area contributed by atoms with Gasteiger partial charge in [0, 0.05) is 17.2 Å². The van der Waals surface area contributed by atoms with Gasteiger partial charge in [0.15, 0.2) is 5.13 Å². The van der Waals surface area contributed by atoms with Crippen molar-refractivity contribution in [2.45, 2.75) is 32.4 Å². The lowest BCUT2D eigenvalue weighted by Gasteiger charge is -2.15. The van der Waals surface area contributed by atoms with Gasteiger partial charge in [0.25, 0.3) is 0 Å². The summed E-state index contributed by atoms with van der Waals surface area (Å²) in [6.07, 6.45) is 0.385. The van der Waals surface area contributed by atoms with Crippen molar-refractivity contribution in [3.05, 3.63) is 75.8 Å². The number of aryl methyl sites for hydroxylation is 1. The van der Waals surface area contributed by atoms with E-state index in [0.29, 0.717) is 24.7 Å². The molecule has 0 spiro atoms. The molecule has 0 fully saturated rings. The minimum atomic E-state index is -0.0562. The molecule has 138 valence electrons. The maximum Gasteiger partial charge on any atom is 0.221 e. The number of benzene rings is 2. The van der Waals surface area contributed by atoms with Gasteiger partial charge in [-0.1, -0.05) is 36.4 Å². The van der Waals surface area contributed by atoms with Crippen molar-refractivity contribution in [1.29, 1.82) is 0 Å². The molecule has 5 nitrogen and oxygen atoms in total. The van der Waals surface area contributed by atoms with Crippen LogP contribution >= 0.6 is 11.3 Å². The Morgan fingerprint density at radius 1 is 1.26 bits per heavy atom. The first kappa shape index (κ1) is 17.5. The number of rotatable bonds is 4. The van der Waals surface area contributed by atoms with Gasteiger partial charge in [-0.05, 0) is 35.7 Å². The van der Waals surface area contributed by atoms with E-state index in [0.717, 1.165) is 27.4 Å². The Hall–Kier alpha value is -2.86. The number of nitrogens with one attached hydrogen (secondary N) is 1. The fourth-order valence-corrected chi connectivity index (χ4v) is 4.32. The molecule has 0 bridgehead atoms. The molecule has 3 aromatic rings. The van der Waals surface area contributed by atoms with Gasteiger partial charge in [-0.25, -0.2) is 4.98 Å². The largest absolute Gasteiger partial charge is 0.489 e. The van der Waals surface area contributed by atoms with Crippen LogP contribution in [0.2, 0.25) is 0 Å². The van der Waals surface area contributed by atoms with Gasteiger partial charge in [0.1, 0.15) is 12.4 Å². The summed E-state index contributed by atoms with van der Waals surface area (Å²) in [7, 11) is 0. The Morgan fingerprint density at radius 3 is 2.96 bits per heavy atom. The molecular weight excluding hydrogens is 358 g/mol. The minimum Gasteiger partial charge on any atom is -0.489 e. The standard InChI is InChI=1S/C21H21N3O2S/c1-13-5-2-3-6-15(13)12-26-16-8-4-7-14(9-16)17-10-19(25)23-11-18-20(17)27-21(22)24-18/h2-9,17H,10-12H2,1H3,(H2,22,24)(H,23,25)/t17-/m0/s1. The van der Waals surface area contributed by atoms with Crippen molar-refractivity contribution in [1.82, 2.24) is 10.3 Å². The molecular formula is C21H21N3O2S. The van der Waals surface area contributed by atoms with Crippen LogP contribution in [0, 0.1) is 6.92 Å². The molecule has 6 heteroatoms. The van der Waals surface area contributed by atoms with Gasteiger partial charge in [-0.15, -0.1) is 11.3 Å². The number of nitrogens with zero attached hydrogens (tertiary/aromatic N) is 1. The average molecular weight is 379 g/mol. The number of aromatic nitrogens is 1. The van der Waals surface area contributed by atoms with E-state index in [1.807, 2.05) is 36.4 Å². The molecule has 3 N–H and O–H groups in total. The zero-order valence-electron chi connectivity index (χ0n) is 15.1. The molecule has 2 aromatic carbocycles. The predicted molar refractivity (Wildman–Crippen MR) is 107 cm³/mol. The van der Waals surface area contributed by atoms with Gasteiger partial charge < -0.3 is 15.8 Å². The number of thiazole rings is 1. The van der Waals surface area contributed by atoms with E-state index < -0.39 is 0 Å². The number of nitrogens with two attached hydrogens (primary N) is 1. The molecule has 27 heavy (non-hydrogen) atoms. The third-order valence-electron chi connectivity index (χ3n) is 4.82. The summed E-state index contributed by atoms with van der Waals surface area (Å²) in [5.74, 6) is 0.758. The smallest absolute Gasteiger partial charge is 0.221 e. The molecule has 0 unspecified atom stereocenters. The van der Waals surface area contributed by atoms with Gasteiger partial charge in [-0.2, -0.15) is 0 Å². The fourth-order valence-electron chi connectivity index (χ4n) is 3.34. The second kappa shape index (κ2) is 7.40. The third-order valence-corrected chi connectivity index (χ3v) is 5.86. The highest BCUT2D eigenvalue weighted by Gasteiger charge is 2.27. The van der Waals surface area contributed by atoms with Gasteiger partial charge in [0.05, 0.1) is 12.2 Å². The Bertz CT molecular complexity index is 983. The van der Waals surface area contributed by atoms with Crippen LogP contribution in [0.15, 0.2) is 48.5 Å². The summed E-state index contributed by atoms with van der Waals surface area (Å²) >= 11 is 1.46. The number of hydrogen-bond donors (Lipinski definition) is 2. The van der Waals surface area contributed by atoms with Crippen molar-refractivity contribution in [2.75, 3.05) is 5.73 Å². The normalized spacial score (nSPS) is 16.3. The van der Waals surface area contributed by atoms with Crippen molar-refractivity contribution in [2.24, 2.45) is 0 Å². The molecule has 4 rings (SSSR count). The SMILES string of the molecule is Cc1ccccc1COc1cccc([C@@H]2CC(=O)NCc3nc(N)sc32)c1. The molecule has 0 aliphatic carbocycles. The van der Waals surface area contributed by atoms with E-state index in [9.17, 15) is 4.79 Å². The van der Waals surface area contributed by atoms with Crippen LogP contribution in [-0.2, 0) is 17.9 Å². The van der Waals surface area contributed by atoms with Crippen molar-refractivity contribution >= 4 is 22.4 Å². The number of fused-ring (bicyclic) bond motifs is 1. The average Bonchev–Trinajstić information content (AvgIpc) is 2.97. The van der Waals surface area contributed by atoms with E-state index in [-0.39, 0.29) is 11.8 Å². The maximum atomic E-state index is 12.2. The van der Waals surface area contributed by atoms with Gasteiger partial charge in [-0.3, -0.25) is 4.79 Å². The number of amides is 1. The third kappa shape index (κ3) is 3.80. The second-order valence-electron chi connectivity index (χ2n) is 6.68. The summed E-state index contributed by atoms with van der Waals surface area (Å²) in [4.78, 5) is 17.6. The van der Waals surface area contributed by atoms with E-state index in [1.54, 1.807) is 0 Å². The highest BCUT2D eigenvalue weighted by Crippen LogP contribution is 2.38. The zero-order valence-corrected chi connectivity index (χ0v) is 15.9. The molecule has 1 aromatic heterocycles.